The van der Waals surface area contributed by atoms with Crippen molar-refractivity contribution in [1.82, 2.24) is 15.5 Å². The third kappa shape index (κ3) is 4.69. The van der Waals surface area contributed by atoms with Crippen LogP contribution in [0.1, 0.15) is 36.1 Å². The lowest BCUT2D eigenvalue weighted by Crippen LogP contribution is -2.50. The SMILES string of the molecule is CC(=O)NCc1cccc(CN2C(=O)CC(c3cccc(F)c3)NC2=O)c1. The van der Waals surface area contributed by atoms with Crippen molar-refractivity contribution < 1.29 is 18.8 Å². The summed E-state index contributed by atoms with van der Waals surface area (Å²) in [5.41, 5.74) is 2.23. The van der Waals surface area contributed by atoms with Gasteiger partial charge in [0.25, 0.3) is 0 Å². The number of carbonyl (C=O) groups excluding carboxylic acids is 3. The minimum absolute atomic E-state index is 0.0702. The number of nitrogens with zero attached hydrogens (tertiary/aromatic N) is 1. The molecule has 1 aliphatic heterocycles. The van der Waals surface area contributed by atoms with E-state index < -0.39 is 17.9 Å². The molecule has 1 fully saturated rings. The van der Waals surface area contributed by atoms with E-state index in [0.29, 0.717) is 12.1 Å². The standard InChI is InChI=1S/C20H20FN3O3/c1-13(25)22-11-14-4-2-5-15(8-14)12-24-19(26)10-18(23-20(24)27)16-6-3-7-17(21)9-16/h2-9,18H,10-12H2,1H3,(H,22,25)(H,23,27). The molecule has 2 aromatic rings. The number of nitrogens with one attached hydrogen (secondary N) is 2. The minimum Gasteiger partial charge on any atom is -0.352 e. The molecular formula is C20H20FN3O3. The van der Waals surface area contributed by atoms with Gasteiger partial charge in [-0.1, -0.05) is 36.4 Å². The molecule has 6 nitrogen and oxygen atoms in total. The fraction of sp³-hybridized carbons (Fsp3) is 0.250. The van der Waals surface area contributed by atoms with Gasteiger partial charge in [-0.15, -0.1) is 0 Å². The van der Waals surface area contributed by atoms with Gasteiger partial charge in [0.15, 0.2) is 0 Å². The van der Waals surface area contributed by atoms with Crippen molar-refractivity contribution in [1.29, 1.82) is 0 Å². The number of rotatable bonds is 5. The summed E-state index contributed by atoms with van der Waals surface area (Å²) >= 11 is 0. The number of carbonyl (C=O) groups is 3. The van der Waals surface area contributed by atoms with Crippen LogP contribution in [-0.2, 0) is 22.7 Å². The lowest BCUT2D eigenvalue weighted by Gasteiger charge is -2.31. The van der Waals surface area contributed by atoms with E-state index in [4.69, 9.17) is 0 Å². The highest BCUT2D eigenvalue weighted by Crippen LogP contribution is 2.24. The normalized spacial score (nSPS) is 16.8. The van der Waals surface area contributed by atoms with Gasteiger partial charge in [0.1, 0.15) is 5.82 Å². The smallest absolute Gasteiger partial charge is 0.324 e. The second kappa shape index (κ2) is 7.99. The van der Waals surface area contributed by atoms with Crippen molar-refractivity contribution in [3.63, 3.8) is 0 Å². The average molecular weight is 369 g/mol. The first-order valence-corrected chi connectivity index (χ1v) is 8.61. The van der Waals surface area contributed by atoms with Crippen LogP contribution in [0.25, 0.3) is 0 Å². The fourth-order valence-corrected chi connectivity index (χ4v) is 3.01. The van der Waals surface area contributed by atoms with Gasteiger partial charge >= 0.3 is 6.03 Å². The third-order valence-corrected chi connectivity index (χ3v) is 4.35. The zero-order chi connectivity index (χ0) is 19.4. The lowest BCUT2D eigenvalue weighted by atomic mass is 10.0. The molecule has 4 amide bonds. The first kappa shape index (κ1) is 18.6. The molecule has 1 atom stereocenters. The van der Waals surface area contributed by atoms with Crippen LogP contribution in [0.5, 0.6) is 0 Å². The summed E-state index contributed by atoms with van der Waals surface area (Å²) in [7, 11) is 0. The maximum Gasteiger partial charge on any atom is 0.324 e. The Hall–Kier alpha value is -3.22. The van der Waals surface area contributed by atoms with E-state index in [-0.39, 0.29) is 24.8 Å². The summed E-state index contributed by atoms with van der Waals surface area (Å²) in [4.78, 5) is 37.1. The molecule has 1 saturated heterocycles. The van der Waals surface area contributed by atoms with E-state index in [1.165, 1.54) is 19.1 Å². The topological polar surface area (TPSA) is 78.5 Å². The molecule has 0 spiro atoms. The lowest BCUT2D eigenvalue weighted by molar-refractivity contribution is -0.130. The van der Waals surface area contributed by atoms with Gasteiger partial charge in [-0.2, -0.15) is 0 Å². The number of amides is 4. The van der Waals surface area contributed by atoms with Crippen LogP contribution >= 0.6 is 0 Å². The summed E-state index contributed by atoms with van der Waals surface area (Å²) in [6.07, 6.45) is 0.0702. The van der Waals surface area contributed by atoms with Crippen LogP contribution in [-0.4, -0.2) is 22.7 Å². The number of halogens is 1. The van der Waals surface area contributed by atoms with E-state index in [1.54, 1.807) is 12.1 Å². The minimum atomic E-state index is -0.539. The Morgan fingerprint density at radius 3 is 2.63 bits per heavy atom. The summed E-state index contributed by atoms with van der Waals surface area (Å²) in [6, 6.07) is 12.2. The van der Waals surface area contributed by atoms with Gasteiger partial charge in [0.05, 0.1) is 19.0 Å². The molecule has 140 valence electrons. The predicted octanol–water partition coefficient (Wildman–Crippen LogP) is 2.65. The van der Waals surface area contributed by atoms with Crippen molar-refractivity contribution in [2.45, 2.75) is 32.5 Å². The number of benzene rings is 2. The van der Waals surface area contributed by atoms with Crippen LogP contribution in [0.3, 0.4) is 0 Å². The van der Waals surface area contributed by atoms with Gasteiger partial charge in [0, 0.05) is 13.5 Å². The fourth-order valence-electron chi connectivity index (χ4n) is 3.01. The van der Waals surface area contributed by atoms with E-state index in [2.05, 4.69) is 10.6 Å². The maximum absolute atomic E-state index is 13.4. The highest BCUT2D eigenvalue weighted by atomic mass is 19.1. The van der Waals surface area contributed by atoms with Gasteiger partial charge in [-0.3, -0.25) is 14.5 Å². The molecule has 27 heavy (non-hydrogen) atoms. The third-order valence-electron chi connectivity index (χ3n) is 4.35. The van der Waals surface area contributed by atoms with E-state index in [1.807, 2.05) is 24.3 Å². The summed E-state index contributed by atoms with van der Waals surface area (Å²) < 4.78 is 13.4. The van der Waals surface area contributed by atoms with Crippen LogP contribution in [0.15, 0.2) is 48.5 Å². The molecule has 0 aliphatic carbocycles. The van der Waals surface area contributed by atoms with Crippen LogP contribution < -0.4 is 10.6 Å². The van der Waals surface area contributed by atoms with Crippen LogP contribution in [0.2, 0.25) is 0 Å². The predicted molar refractivity (Wildman–Crippen MR) is 96.8 cm³/mol. The Labute approximate surface area is 156 Å². The van der Waals surface area contributed by atoms with Gasteiger partial charge < -0.3 is 10.6 Å². The Bertz CT molecular complexity index is 866. The maximum atomic E-state index is 13.4. The molecular weight excluding hydrogens is 349 g/mol. The molecule has 0 radical (unpaired) electrons. The summed E-state index contributed by atoms with van der Waals surface area (Å²) in [6.45, 7) is 1.95. The number of hydrogen-bond donors (Lipinski definition) is 2. The molecule has 1 heterocycles. The Kier molecular flexibility index (Phi) is 5.49. The van der Waals surface area contributed by atoms with Crippen molar-refractivity contribution in [2.24, 2.45) is 0 Å². The number of hydrogen-bond acceptors (Lipinski definition) is 3. The first-order valence-electron chi connectivity index (χ1n) is 8.61. The molecule has 1 unspecified atom stereocenters. The van der Waals surface area contributed by atoms with E-state index >= 15 is 0 Å². The van der Waals surface area contributed by atoms with Crippen molar-refractivity contribution >= 4 is 17.8 Å². The second-order valence-electron chi connectivity index (χ2n) is 6.47. The van der Waals surface area contributed by atoms with E-state index in [0.717, 1.165) is 16.0 Å². The van der Waals surface area contributed by atoms with Gasteiger partial charge in [0.2, 0.25) is 11.8 Å². The van der Waals surface area contributed by atoms with E-state index in [9.17, 15) is 18.8 Å². The quantitative estimate of drug-likeness (QED) is 0.850. The monoisotopic (exact) mass is 369 g/mol. The van der Waals surface area contributed by atoms with Crippen molar-refractivity contribution in [3.05, 3.63) is 71.0 Å². The van der Waals surface area contributed by atoms with Gasteiger partial charge in [-0.05, 0) is 28.8 Å². The average Bonchev–Trinajstić information content (AvgIpc) is 2.63. The molecule has 2 aromatic carbocycles. The Balaban J connectivity index is 1.68. The molecule has 3 rings (SSSR count). The zero-order valence-electron chi connectivity index (χ0n) is 14.9. The highest BCUT2D eigenvalue weighted by Gasteiger charge is 2.32. The van der Waals surface area contributed by atoms with Gasteiger partial charge in [-0.25, -0.2) is 9.18 Å². The molecule has 0 bridgehead atoms. The first-order chi connectivity index (χ1) is 12.9. The Morgan fingerprint density at radius 2 is 1.93 bits per heavy atom. The number of urea groups is 1. The summed E-state index contributed by atoms with van der Waals surface area (Å²) in [5, 5.41) is 5.47. The Morgan fingerprint density at radius 1 is 1.19 bits per heavy atom. The highest BCUT2D eigenvalue weighted by molar-refractivity contribution is 5.97. The molecule has 7 heteroatoms. The number of imide groups is 1. The zero-order valence-corrected chi connectivity index (χ0v) is 14.9. The summed E-state index contributed by atoms with van der Waals surface area (Å²) in [5.74, 6) is -0.859. The van der Waals surface area contributed by atoms with Crippen LogP contribution in [0, 0.1) is 5.82 Å². The molecule has 0 aromatic heterocycles. The second-order valence-corrected chi connectivity index (χ2v) is 6.47. The molecule has 1 aliphatic rings. The van der Waals surface area contributed by atoms with Crippen molar-refractivity contribution in [3.8, 4) is 0 Å². The molecule has 0 saturated carbocycles. The van der Waals surface area contributed by atoms with Crippen LogP contribution in [0.4, 0.5) is 9.18 Å². The largest absolute Gasteiger partial charge is 0.352 e. The molecule has 2 N–H and O–H groups in total. The van der Waals surface area contributed by atoms with Crippen molar-refractivity contribution in [2.75, 3.05) is 0 Å².